The summed E-state index contributed by atoms with van der Waals surface area (Å²) in [7, 11) is 1.54. The van der Waals surface area contributed by atoms with E-state index in [-0.39, 0.29) is 31.4 Å². The fourth-order valence-corrected chi connectivity index (χ4v) is 1.97. The maximum absolute atomic E-state index is 12.5. The van der Waals surface area contributed by atoms with Gasteiger partial charge in [0.2, 0.25) is 0 Å². The molecule has 0 unspecified atom stereocenters. The topological polar surface area (TPSA) is 76.1 Å². The summed E-state index contributed by atoms with van der Waals surface area (Å²) in [4.78, 5) is 25.5. The Hall–Kier alpha value is -2.08. The van der Waals surface area contributed by atoms with Gasteiger partial charge in [-0.05, 0) is 31.5 Å². The van der Waals surface area contributed by atoms with E-state index in [9.17, 15) is 9.59 Å². The average Bonchev–Trinajstić information content (AvgIpc) is 2.54. The van der Waals surface area contributed by atoms with E-state index >= 15 is 0 Å². The van der Waals surface area contributed by atoms with Crippen LogP contribution in [0.1, 0.15) is 30.1 Å². The van der Waals surface area contributed by atoms with Crippen LogP contribution in [0.4, 0.5) is 0 Å². The molecule has 6 nitrogen and oxygen atoms in total. The molecule has 0 aliphatic heterocycles. The molecular weight excluding hydrogens is 286 g/mol. The van der Waals surface area contributed by atoms with Crippen LogP contribution in [0, 0.1) is 0 Å². The third-order valence-electron chi connectivity index (χ3n) is 3.08. The normalized spacial score (nSPS) is 10.1. The van der Waals surface area contributed by atoms with Crippen molar-refractivity contribution in [3.05, 3.63) is 29.8 Å². The summed E-state index contributed by atoms with van der Waals surface area (Å²) >= 11 is 0. The standard InChI is InChI=1S/C16H23NO5/c1-3-22-15(19)8-10-17(9-5-11-18)16(20)13-6-4-7-14(12-13)21-2/h4,6-7,12,18H,3,5,8-11H2,1-2H3. The van der Waals surface area contributed by atoms with Gasteiger partial charge in [-0.1, -0.05) is 6.07 Å². The number of nitrogens with zero attached hydrogens (tertiary/aromatic N) is 1. The molecule has 1 rings (SSSR count). The van der Waals surface area contributed by atoms with E-state index in [0.29, 0.717) is 30.9 Å². The number of aliphatic hydroxyl groups is 1. The number of carbonyl (C=O) groups excluding carboxylic acids is 2. The summed E-state index contributed by atoms with van der Waals surface area (Å²) in [5.74, 6) is 0.0601. The van der Waals surface area contributed by atoms with Gasteiger partial charge < -0.3 is 19.5 Å². The van der Waals surface area contributed by atoms with E-state index in [2.05, 4.69) is 0 Å². The number of methoxy groups -OCH3 is 1. The van der Waals surface area contributed by atoms with E-state index in [1.54, 1.807) is 36.1 Å². The Bertz CT molecular complexity index is 489. The van der Waals surface area contributed by atoms with Gasteiger partial charge in [0.25, 0.3) is 5.91 Å². The van der Waals surface area contributed by atoms with Gasteiger partial charge in [-0.15, -0.1) is 0 Å². The number of hydrogen-bond donors (Lipinski definition) is 1. The summed E-state index contributed by atoms with van der Waals surface area (Å²) in [6, 6.07) is 6.84. The Morgan fingerprint density at radius 3 is 2.68 bits per heavy atom. The molecule has 122 valence electrons. The highest BCUT2D eigenvalue weighted by atomic mass is 16.5. The van der Waals surface area contributed by atoms with Crippen LogP contribution in [0.5, 0.6) is 5.75 Å². The third-order valence-corrected chi connectivity index (χ3v) is 3.08. The molecule has 0 aliphatic carbocycles. The van der Waals surface area contributed by atoms with Crippen molar-refractivity contribution >= 4 is 11.9 Å². The number of esters is 1. The lowest BCUT2D eigenvalue weighted by Crippen LogP contribution is -2.34. The van der Waals surface area contributed by atoms with Gasteiger partial charge in [0.1, 0.15) is 5.75 Å². The van der Waals surface area contributed by atoms with E-state index in [1.807, 2.05) is 0 Å². The number of carbonyl (C=O) groups is 2. The van der Waals surface area contributed by atoms with Crippen LogP contribution in [0.2, 0.25) is 0 Å². The molecule has 0 atom stereocenters. The largest absolute Gasteiger partial charge is 0.497 e. The fraction of sp³-hybridized carbons (Fsp3) is 0.500. The lowest BCUT2D eigenvalue weighted by molar-refractivity contribution is -0.143. The summed E-state index contributed by atoms with van der Waals surface area (Å²) in [6.07, 6.45) is 0.591. The quantitative estimate of drug-likeness (QED) is 0.699. The Labute approximate surface area is 130 Å². The minimum absolute atomic E-state index is 0.0126. The Kier molecular flexibility index (Phi) is 7.99. The second-order valence-corrected chi connectivity index (χ2v) is 4.66. The first-order valence-electron chi connectivity index (χ1n) is 7.32. The van der Waals surface area contributed by atoms with Crippen molar-refractivity contribution in [2.24, 2.45) is 0 Å². The van der Waals surface area contributed by atoms with Gasteiger partial charge in [0.15, 0.2) is 0 Å². The molecule has 0 saturated heterocycles. The lowest BCUT2D eigenvalue weighted by Gasteiger charge is -2.22. The summed E-state index contributed by atoms with van der Waals surface area (Å²) < 4.78 is 9.98. The second kappa shape index (κ2) is 9.78. The van der Waals surface area contributed by atoms with Gasteiger partial charge in [0, 0.05) is 25.3 Å². The predicted molar refractivity (Wildman–Crippen MR) is 81.9 cm³/mol. The molecule has 0 saturated carbocycles. The molecule has 1 aromatic rings. The zero-order chi connectivity index (χ0) is 16.4. The lowest BCUT2D eigenvalue weighted by atomic mass is 10.1. The van der Waals surface area contributed by atoms with Crippen LogP contribution < -0.4 is 4.74 Å². The number of rotatable bonds is 9. The van der Waals surface area contributed by atoms with Crippen molar-refractivity contribution in [1.29, 1.82) is 0 Å². The van der Waals surface area contributed by atoms with Crippen molar-refractivity contribution in [3.8, 4) is 5.75 Å². The monoisotopic (exact) mass is 309 g/mol. The van der Waals surface area contributed by atoms with Crippen molar-refractivity contribution in [3.63, 3.8) is 0 Å². The van der Waals surface area contributed by atoms with Gasteiger partial charge >= 0.3 is 5.97 Å². The van der Waals surface area contributed by atoms with Crippen LogP contribution in [0.15, 0.2) is 24.3 Å². The van der Waals surface area contributed by atoms with Crippen LogP contribution in [-0.2, 0) is 9.53 Å². The molecular formula is C16H23NO5. The molecule has 22 heavy (non-hydrogen) atoms. The zero-order valence-corrected chi connectivity index (χ0v) is 13.1. The number of amides is 1. The van der Waals surface area contributed by atoms with E-state index < -0.39 is 0 Å². The second-order valence-electron chi connectivity index (χ2n) is 4.66. The highest BCUT2D eigenvalue weighted by Gasteiger charge is 2.17. The minimum atomic E-state index is -0.338. The smallest absolute Gasteiger partial charge is 0.307 e. The van der Waals surface area contributed by atoms with Crippen molar-refractivity contribution < 1.29 is 24.2 Å². The highest BCUT2D eigenvalue weighted by molar-refractivity contribution is 5.94. The summed E-state index contributed by atoms with van der Waals surface area (Å²) in [5.41, 5.74) is 0.487. The third kappa shape index (κ3) is 5.73. The van der Waals surface area contributed by atoms with Crippen LogP contribution in [-0.4, -0.2) is 55.3 Å². The number of benzene rings is 1. The molecule has 1 aromatic carbocycles. The Balaban J connectivity index is 2.76. The van der Waals surface area contributed by atoms with Crippen LogP contribution in [0.3, 0.4) is 0 Å². The van der Waals surface area contributed by atoms with Gasteiger partial charge in [-0.3, -0.25) is 9.59 Å². The van der Waals surface area contributed by atoms with Gasteiger partial charge in [-0.2, -0.15) is 0 Å². The van der Waals surface area contributed by atoms with Crippen LogP contribution >= 0.6 is 0 Å². The van der Waals surface area contributed by atoms with Gasteiger partial charge in [0.05, 0.1) is 20.1 Å². The highest BCUT2D eigenvalue weighted by Crippen LogP contribution is 2.15. The molecule has 0 radical (unpaired) electrons. The molecule has 0 aromatic heterocycles. The van der Waals surface area contributed by atoms with Crippen molar-refractivity contribution in [2.45, 2.75) is 19.8 Å². The molecule has 1 amide bonds. The molecule has 0 bridgehead atoms. The fourth-order valence-electron chi connectivity index (χ4n) is 1.97. The zero-order valence-electron chi connectivity index (χ0n) is 13.1. The van der Waals surface area contributed by atoms with Crippen LogP contribution in [0.25, 0.3) is 0 Å². The van der Waals surface area contributed by atoms with E-state index in [1.165, 1.54) is 7.11 Å². The Morgan fingerprint density at radius 1 is 1.27 bits per heavy atom. The first-order valence-corrected chi connectivity index (χ1v) is 7.32. The predicted octanol–water partition coefficient (Wildman–Crippen LogP) is 1.47. The Morgan fingerprint density at radius 2 is 2.05 bits per heavy atom. The number of aliphatic hydroxyl groups excluding tert-OH is 1. The molecule has 0 heterocycles. The maximum atomic E-state index is 12.5. The molecule has 0 spiro atoms. The maximum Gasteiger partial charge on any atom is 0.307 e. The first-order chi connectivity index (χ1) is 10.6. The van der Waals surface area contributed by atoms with E-state index in [4.69, 9.17) is 14.6 Å². The van der Waals surface area contributed by atoms with Gasteiger partial charge in [-0.25, -0.2) is 0 Å². The summed E-state index contributed by atoms with van der Waals surface area (Å²) in [6.45, 7) is 2.68. The number of ether oxygens (including phenoxy) is 2. The van der Waals surface area contributed by atoms with Crippen molar-refractivity contribution in [2.75, 3.05) is 33.4 Å². The van der Waals surface area contributed by atoms with E-state index in [0.717, 1.165) is 0 Å². The SMILES string of the molecule is CCOC(=O)CCN(CCCO)C(=O)c1cccc(OC)c1. The molecule has 6 heteroatoms. The van der Waals surface area contributed by atoms with Crippen molar-refractivity contribution in [1.82, 2.24) is 4.90 Å². The first kappa shape index (κ1) is 18.0. The molecule has 0 aliphatic rings. The number of hydrogen-bond acceptors (Lipinski definition) is 5. The molecule has 1 N–H and O–H groups in total. The average molecular weight is 309 g/mol. The molecule has 0 fully saturated rings. The summed E-state index contributed by atoms with van der Waals surface area (Å²) in [5, 5.41) is 8.96. The minimum Gasteiger partial charge on any atom is -0.497 e.